The SMILES string of the molecule is CCCNC1CCCCCC1SC(C)CC. The zero-order valence-corrected chi connectivity index (χ0v) is 12.1. The Labute approximate surface area is 106 Å². The lowest BCUT2D eigenvalue weighted by Gasteiger charge is -2.28. The Hall–Kier alpha value is 0.310. The third-order valence-corrected chi connectivity index (χ3v) is 5.30. The molecule has 0 saturated heterocycles. The molecule has 0 bridgehead atoms. The number of hydrogen-bond donors (Lipinski definition) is 1. The van der Waals surface area contributed by atoms with Crippen LogP contribution in [-0.2, 0) is 0 Å². The van der Waals surface area contributed by atoms with Crippen LogP contribution in [0.4, 0.5) is 0 Å². The van der Waals surface area contributed by atoms with Gasteiger partial charge in [-0.25, -0.2) is 0 Å². The average Bonchev–Trinajstić information content (AvgIpc) is 2.52. The third kappa shape index (κ3) is 5.09. The Morgan fingerprint density at radius 2 is 1.94 bits per heavy atom. The van der Waals surface area contributed by atoms with E-state index in [1.165, 1.54) is 51.5 Å². The summed E-state index contributed by atoms with van der Waals surface area (Å²) in [5, 5.41) is 5.46. The highest BCUT2D eigenvalue weighted by Gasteiger charge is 2.24. The molecule has 3 atom stereocenters. The van der Waals surface area contributed by atoms with Gasteiger partial charge in [0, 0.05) is 16.5 Å². The Bertz CT molecular complexity index is 172. The second kappa shape index (κ2) is 8.41. The predicted octanol–water partition coefficient (Wildman–Crippen LogP) is 4.22. The van der Waals surface area contributed by atoms with Gasteiger partial charge in [0.15, 0.2) is 0 Å². The minimum Gasteiger partial charge on any atom is -0.313 e. The highest BCUT2D eigenvalue weighted by atomic mass is 32.2. The fraction of sp³-hybridized carbons (Fsp3) is 1.00. The van der Waals surface area contributed by atoms with Crippen LogP contribution in [0.3, 0.4) is 0 Å². The first-order valence-corrected chi connectivity index (χ1v) is 8.11. The van der Waals surface area contributed by atoms with Gasteiger partial charge in [-0.2, -0.15) is 11.8 Å². The first kappa shape index (κ1) is 14.4. The molecule has 96 valence electrons. The summed E-state index contributed by atoms with van der Waals surface area (Å²) in [5.74, 6) is 0. The second-order valence-electron chi connectivity index (χ2n) is 5.09. The fourth-order valence-corrected chi connectivity index (χ4v) is 3.91. The predicted molar refractivity (Wildman–Crippen MR) is 76.3 cm³/mol. The van der Waals surface area contributed by atoms with E-state index in [0.29, 0.717) is 0 Å². The molecule has 3 unspecified atom stereocenters. The molecule has 0 heterocycles. The molecule has 0 aromatic rings. The summed E-state index contributed by atoms with van der Waals surface area (Å²) in [6.45, 7) is 8.15. The smallest absolute Gasteiger partial charge is 0.0203 e. The van der Waals surface area contributed by atoms with E-state index in [0.717, 1.165) is 16.5 Å². The summed E-state index contributed by atoms with van der Waals surface area (Å²) in [5.41, 5.74) is 0. The molecule has 1 fully saturated rings. The number of thioether (sulfide) groups is 1. The summed E-state index contributed by atoms with van der Waals surface area (Å²) in [6.07, 6.45) is 9.71. The molecule has 1 N–H and O–H groups in total. The Morgan fingerprint density at radius 3 is 2.62 bits per heavy atom. The minimum atomic E-state index is 0.779. The van der Waals surface area contributed by atoms with E-state index in [1.54, 1.807) is 0 Å². The van der Waals surface area contributed by atoms with Crippen molar-refractivity contribution in [3.05, 3.63) is 0 Å². The standard InChI is InChI=1S/C14H29NS/c1-4-11-15-13-9-7-6-8-10-14(13)16-12(3)5-2/h12-15H,4-11H2,1-3H3. The molecule has 16 heavy (non-hydrogen) atoms. The number of rotatable bonds is 6. The maximum absolute atomic E-state index is 3.77. The first-order chi connectivity index (χ1) is 7.77. The van der Waals surface area contributed by atoms with Gasteiger partial charge in [0.25, 0.3) is 0 Å². The van der Waals surface area contributed by atoms with E-state index in [4.69, 9.17) is 0 Å². The molecule has 0 amide bonds. The normalized spacial score (nSPS) is 28.7. The molecule has 0 aromatic carbocycles. The minimum absolute atomic E-state index is 0.779. The highest BCUT2D eigenvalue weighted by Crippen LogP contribution is 2.31. The van der Waals surface area contributed by atoms with E-state index < -0.39 is 0 Å². The van der Waals surface area contributed by atoms with Gasteiger partial charge in [-0.3, -0.25) is 0 Å². The lowest BCUT2D eigenvalue weighted by Crippen LogP contribution is -2.38. The molecule has 1 aliphatic rings. The van der Waals surface area contributed by atoms with Crippen molar-refractivity contribution in [3.63, 3.8) is 0 Å². The second-order valence-corrected chi connectivity index (χ2v) is 6.77. The summed E-state index contributed by atoms with van der Waals surface area (Å²) in [6, 6.07) is 0.779. The fourth-order valence-electron chi connectivity index (χ4n) is 2.39. The molecular weight excluding hydrogens is 214 g/mol. The van der Waals surface area contributed by atoms with Gasteiger partial charge in [-0.05, 0) is 32.2 Å². The topological polar surface area (TPSA) is 12.0 Å². The van der Waals surface area contributed by atoms with Crippen molar-refractivity contribution in [2.45, 2.75) is 82.3 Å². The highest BCUT2D eigenvalue weighted by molar-refractivity contribution is 8.00. The number of nitrogens with one attached hydrogen (secondary N) is 1. The van der Waals surface area contributed by atoms with Crippen molar-refractivity contribution in [3.8, 4) is 0 Å². The van der Waals surface area contributed by atoms with E-state index in [-0.39, 0.29) is 0 Å². The quantitative estimate of drug-likeness (QED) is 0.701. The van der Waals surface area contributed by atoms with Crippen molar-refractivity contribution in [1.29, 1.82) is 0 Å². The van der Waals surface area contributed by atoms with Gasteiger partial charge < -0.3 is 5.32 Å². The van der Waals surface area contributed by atoms with Crippen molar-refractivity contribution >= 4 is 11.8 Å². The van der Waals surface area contributed by atoms with Crippen molar-refractivity contribution in [2.75, 3.05) is 6.54 Å². The van der Waals surface area contributed by atoms with Gasteiger partial charge in [-0.1, -0.05) is 40.0 Å². The molecular formula is C14H29NS. The van der Waals surface area contributed by atoms with Crippen molar-refractivity contribution in [1.82, 2.24) is 5.32 Å². The molecule has 1 rings (SSSR count). The lowest BCUT2D eigenvalue weighted by atomic mass is 10.1. The van der Waals surface area contributed by atoms with E-state index in [2.05, 4.69) is 37.8 Å². The van der Waals surface area contributed by atoms with Gasteiger partial charge >= 0.3 is 0 Å². The lowest BCUT2D eigenvalue weighted by molar-refractivity contribution is 0.469. The van der Waals surface area contributed by atoms with Crippen LogP contribution in [0.2, 0.25) is 0 Å². The molecule has 0 aromatic heterocycles. The van der Waals surface area contributed by atoms with Gasteiger partial charge in [0.2, 0.25) is 0 Å². The average molecular weight is 243 g/mol. The van der Waals surface area contributed by atoms with Gasteiger partial charge in [0.05, 0.1) is 0 Å². The summed E-state index contributed by atoms with van der Waals surface area (Å²) >= 11 is 2.23. The third-order valence-electron chi connectivity index (χ3n) is 3.59. The summed E-state index contributed by atoms with van der Waals surface area (Å²) < 4.78 is 0. The summed E-state index contributed by atoms with van der Waals surface area (Å²) in [7, 11) is 0. The van der Waals surface area contributed by atoms with Crippen molar-refractivity contribution in [2.24, 2.45) is 0 Å². The van der Waals surface area contributed by atoms with E-state index >= 15 is 0 Å². The Balaban J connectivity index is 2.44. The molecule has 1 nitrogen and oxygen atoms in total. The van der Waals surface area contributed by atoms with Crippen LogP contribution in [0.25, 0.3) is 0 Å². The van der Waals surface area contributed by atoms with E-state index in [1.807, 2.05) is 0 Å². The van der Waals surface area contributed by atoms with Crippen molar-refractivity contribution < 1.29 is 0 Å². The maximum Gasteiger partial charge on any atom is 0.0203 e. The molecule has 1 aliphatic carbocycles. The number of hydrogen-bond acceptors (Lipinski definition) is 2. The van der Waals surface area contributed by atoms with Gasteiger partial charge in [-0.15, -0.1) is 0 Å². The van der Waals surface area contributed by atoms with Crippen LogP contribution in [0.1, 0.15) is 65.7 Å². The largest absolute Gasteiger partial charge is 0.313 e. The zero-order valence-electron chi connectivity index (χ0n) is 11.3. The maximum atomic E-state index is 3.77. The molecule has 0 spiro atoms. The van der Waals surface area contributed by atoms with E-state index in [9.17, 15) is 0 Å². The van der Waals surface area contributed by atoms with Gasteiger partial charge in [0.1, 0.15) is 0 Å². The summed E-state index contributed by atoms with van der Waals surface area (Å²) in [4.78, 5) is 0. The van der Waals surface area contributed by atoms with Crippen LogP contribution >= 0.6 is 11.8 Å². The molecule has 0 aliphatic heterocycles. The first-order valence-electron chi connectivity index (χ1n) is 7.16. The molecule has 1 saturated carbocycles. The Morgan fingerprint density at radius 1 is 1.19 bits per heavy atom. The Kier molecular flexibility index (Phi) is 7.55. The molecule has 2 heteroatoms. The monoisotopic (exact) mass is 243 g/mol. The van der Waals surface area contributed by atoms with Crippen LogP contribution in [0.5, 0.6) is 0 Å². The van der Waals surface area contributed by atoms with Crippen LogP contribution < -0.4 is 5.32 Å². The van der Waals surface area contributed by atoms with Crippen LogP contribution in [-0.4, -0.2) is 23.1 Å². The van der Waals surface area contributed by atoms with Crippen LogP contribution in [0.15, 0.2) is 0 Å². The zero-order chi connectivity index (χ0) is 11.8. The molecule has 0 radical (unpaired) electrons. The van der Waals surface area contributed by atoms with Crippen LogP contribution in [0, 0.1) is 0 Å².